The molecule has 1 unspecified atom stereocenters. The second-order valence-corrected chi connectivity index (χ2v) is 5.85. The van der Waals surface area contributed by atoms with E-state index in [-0.39, 0.29) is 0 Å². The number of fused-ring (bicyclic) bond motifs is 1. The highest BCUT2D eigenvalue weighted by atomic mass is 35.5. The van der Waals surface area contributed by atoms with Crippen LogP contribution in [0.4, 0.5) is 0 Å². The van der Waals surface area contributed by atoms with Crippen LogP contribution in [0.3, 0.4) is 0 Å². The van der Waals surface area contributed by atoms with Gasteiger partial charge in [-0.05, 0) is 44.2 Å². The van der Waals surface area contributed by atoms with E-state index in [1.807, 2.05) is 35.6 Å². The number of hydrogen-bond acceptors (Lipinski definition) is 2. The molecule has 0 aliphatic heterocycles. The van der Waals surface area contributed by atoms with Crippen LogP contribution >= 0.6 is 23.2 Å². The third kappa shape index (κ3) is 2.42. The monoisotopic (exact) mass is 320 g/mol. The van der Waals surface area contributed by atoms with Crippen molar-refractivity contribution < 1.29 is 5.11 Å². The van der Waals surface area contributed by atoms with Crippen molar-refractivity contribution in [2.75, 3.05) is 0 Å². The SMILES string of the molecule is Cc1cccc2nc(-c3ccc(Cl)cc3Cl)c(C(C)O)n12. The molecule has 0 aliphatic carbocycles. The Morgan fingerprint density at radius 1 is 1.19 bits per heavy atom. The highest BCUT2D eigenvalue weighted by molar-refractivity contribution is 6.36. The van der Waals surface area contributed by atoms with Crippen molar-refractivity contribution in [1.82, 2.24) is 9.38 Å². The zero-order chi connectivity index (χ0) is 15.1. The van der Waals surface area contributed by atoms with E-state index in [0.717, 1.165) is 22.6 Å². The molecule has 2 aromatic heterocycles. The Bertz CT molecular complexity index is 825. The minimum absolute atomic E-state index is 0.519. The van der Waals surface area contributed by atoms with E-state index in [1.54, 1.807) is 19.1 Å². The first-order valence-electron chi connectivity index (χ1n) is 6.60. The van der Waals surface area contributed by atoms with Crippen molar-refractivity contribution >= 4 is 28.8 Å². The maximum Gasteiger partial charge on any atom is 0.137 e. The van der Waals surface area contributed by atoms with Gasteiger partial charge in [0.1, 0.15) is 5.65 Å². The molecule has 3 aromatic rings. The van der Waals surface area contributed by atoms with Gasteiger partial charge in [0, 0.05) is 16.3 Å². The minimum atomic E-state index is -0.664. The summed E-state index contributed by atoms with van der Waals surface area (Å²) in [7, 11) is 0. The smallest absolute Gasteiger partial charge is 0.137 e. The summed E-state index contributed by atoms with van der Waals surface area (Å²) in [6.45, 7) is 3.71. The third-order valence-corrected chi connectivity index (χ3v) is 4.00. The molecule has 0 amide bonds. The topological polar surface area (TPSA) is 37.5 Å². The highest BCUT2D eigenvalue weighted by Crippen LogP contribution is 2.35. The zero-order valence-electron chi connectivity index (χ0n) is 11.6. The van der Waals surface area contributed by atoms with Crippen molar-refractivity contribution in [3.8, 4) is 11.3 Å². The molecule has 1 aromatic carbocycles. The maximum atomic E-state index is 10.2. The summed E-state index contributed by atoms with van der Waals surface area (Å²) in [4.78, 5) is 4.63. The Kier molecular flexibility index (Phi) is 3.66. The van der Waals surface area contributed by atoms with E-state index in [4.69, 9.17) is 23.2 Å². The number of aliphatic hydroxyl groups is 1. The van der Waals surface area contributed by atoms with Crippen LogP contribution in [0.25, 0.3) is 16.9 Å². The Morgan fingerprint density at radius 3 is 2.62 bits per heavy atom. The minimum Gasteiger partial charge on any atom is -0.387 e. The number of pyridine rings is 1. The number of hydrogen-bond donors (Lipinski definition) is 1. The number of aromatic nitrogens is 2. The van der Waals surface area contributed by atoms with Gasteiger partial charge >= 0.3 is 0 Å². The van der Waals surface area contributed by atoms with Crippen LogP contribution < -0.4 is 0 Å². The lowest BCUT2D eigenvalue weighted by Gasteiger charge is -2.11. The lowest BCUT2D eigenvalue weighted by molar-refractivity contribution is 0.194. The summed E-state index contributed by atoms with van der Waals surface area (Å²) in [5.74, 6) is 0. The fourth-order valence-electron chi connectivity index (χ4n) is 2.55. The van der Waals surface area contributed by atoms with Gasteiger partial charge in [-0.1, -0.05) is 29.3 Å². The van der Waals surface area contributed by atoms with Gasteiger partial charge in [-0.3, -0.25) is 4.40 Å². The number of imidazole rings is 1. The van der Waals surface area contributed by atoms with E-state index in [2.05, 4.69) is 4.98 Å². The third-order valence-electron chi connectivity index (χ3n) is 3.46. The molecule has 3 rings (SSSR count). The van der Waals surface area contributed by atoms with Crippen molar-refractivity contribution in [2.24, 2.45) is 0 Å². The number of aliphatic hydroxyl groups excluding tert-OH is 1. The quantitative estimate of drug-likeness (QED) is 0.745. The van der Waals surface area contributed by atoms with Gasteiger partial charge in [0.25, 0.3) is 0 Å². The van der Waals surface area contributed by atoms with Crippen molar-refractivity contribution in [3.05, 3.63) is 57.8 Å². The summed E-state index contributed by atoms with van der Waals surface area (Å²) in [5.41, 5.74) is 3.97. The first-order chi connectivity index (χ1) is 9.99. The Labute approximate surface area is 132 Å². The van der Waals surface area contributed by atoms with Gasteiger partial charge in [0.2, 0.25) is 0 Å². The van der Waals surface area contributed by atoms with E-state index >= 15 is 0 Å². The normalized spacial score (nSPS) is 12.8. The molecule has 0 fully saturated rings. The molecule has 108 valence electrons. The molecule has 0 saturated carbocycles. The molecule has 1 atom stereocenters. The van der Waals surface area contributed by atoms with Crippen LogP contribution in [-0.4, -0.2) is 14.5 Å². The number of halogens is 2. The molecule has 0 radical (unpaired) electrons. The van der Waals surface area contributed by atoms with Gasteiger partial charge in [0.05, 0.1) is 22.5 Å². The molecule has 0 bridgehead atoms. The van der Waals surface area contributed by atoms with Crippen molar-refractivity contribution in [3.63, 3.8) is 0 Å². The predicted octanol–water partition coefficient (Wildman–Crippen LogP) is 4.67. The first-order valence-corrected chi connectivity index (χ1v) is 7.36. The summed E-state index contributed by atoms with van der Waals surface area (Å²) < 4.78 is 1.95. The maximum absolute atomic E-state index is 10.2. The first kappa shape index (κ1) is 14.4. The molecule has 21 heavy (non-hydrogen) atoms. The molecular weight excluding hydrogens is 307 g/mol. The molecule has 0 aliphatic rings. The predicted molar refractivity (Wildman–Crippen MR) is 86.0 cm³/mol. The van der Waals surface area contributed by atoms with Gasteiger partial charge < -0.3 is 5.11 Å². The van der Waals surface area contributed by atoms with Gasteiger partial charge in [-0.2, -0.15) is 0 Å². The van der Waals surface area contributed by atoms with E-state index in [9.17, 15) is 5.11 Å². The van der Waals surface area contributed by atoms with Crippen molar-refractivity contribution in [2.45, 2.75) is 20.0 Å². The standard InChI is InChI=1S/C16H14Cl2N2O/c1-9-4-3-5-14-19-15(16(10(2)21)20(9)14)12-7-6-11(17)8-13(12)18/h3-8,10,21H,1-2H3. The van der Waals surface area contributed by atoms with Crippen molar-refractivity contribution in [1.29, 1.82) is 0 Å². The van der Waals surface area contributed by atoms with Crippen LogP contribution in [0.1, 0.15) is 24.4 Å². The summed E-state index contributed by atoms with van der Waals surface area (Å²) >= 11 is 12.2. The largest absolute Gasteiger partial charge is 0.387 e. The fraction of sp³-hybridized carbons (Fsp3) is 0.188. The average molecular weight is 321 g/mol. The number of aryl methyl sites for hydroxylation is 1. The lowest BCUT2D eigenvalue weighted by atomic mass is 10.1. The molecule has 5 heteroatoms. The number of rotatable bonds is 2. The second kappa shape index (κ2) is 5.34. The lowest BCUT2D eigenvalue weighted by Crippen LogP contribution is -2.02. The van der Waals surface area contributed by atoms with Gasteiger partial charge in [-0.25, -0.2) is 4.98 Å². The zero-order valence-corrected chi connectivity index (χ0v) is 13.2. The summed E-state index contributed by atoms with van der Waals surface area (Å²) in [5, 5.41) is 11.3. The Balaban J connectivity index is 2.37. The van der Waals surface area contributed by atoms with Crippen LogP contribution in [0.5, 0.6) is 0 Å². The fourth-order valence-corrected chi connectivity index (χ4v) is 3.04. The van der Waals surface area contributed by atoms with Crippen LogP contribution in [0.15, 0.2) is 36.4 Å². The van der Waals surface area contributed by atoms with Gasteiger partial charge in [0.15, 0.2) is 0 Å². The second-order valence-electron chi connectivity index (χ2n) is 5.01. The summed E-state index contributed by atoms with van der Waals surface area (Å²) in [6, 6.07) is 11.1. The molecule has 0 saturated heterocycles. The molecular formula is C16H14Cl2N2O. The molecule has 3 nitrogen and oxygen atoms in total. The molecule has 1 N–H and O–H groups in total. The average Bonchev–Trinajstić information content (AvgIpc) is 2.79. The Hall–Kier alpha value is -1.55. The number of nitrogens with zero attached hydrogens (tertiary/aromatic N) is 2. The number of benzene rings is 1. The van der Waals surface area contributed by atoms with E-state index in [0.29, 0.717) is 15.7 Å². The Morgan fingerprint density at radius 2 is 1.95 bits per heavy atom. The van der Waals surface area contributed by atoms with Crippen LogP contribution in [-0.2, 0) is 0 Å². The van der Waals surface area contributed by atoms with Gasteiger partial charge in [-0.15, -0.1) is 0 Å². The molecule has 2 heterocycles. The highest BCUT2D eigenvalue weighted by Gasteiger charge is 2.20. The van der Waals surface area contributed by atoms with Crippen LogP contribution in [0, 0.1) is 6.92 Å². The molecule has 0 spiro atoms. The van der Waals surface area contributed by atoms with Crippen LogP contribution in [0.2, 0.25) is 10.0 Å². The van der Waals surface area contributed by atoms with E-state index in [1.165, 1.54) is 0 Å². The van der Waals surface area contributed by atoms with E-state index < -0.39 is 6.10 Å². The summed E-state index contributed by atoms with van der Waals surface area (Å²) in [6.07, 6.45) is -0.664.